The Labute approximate surface area is 325 Å². The van der Waals surface area contributed by atoms with Crippen LogP contribution >= 0.6 is 34.8 Å². The number of carboxylic acids is 1. The van der Waals surface area contributed by atoms with Crippen LogP contribution in [0.25, 0.3) is 10.7 Å². The van der Waals surface area contributed by atoms with Gasteiger partial charge in [-0.05, 0) is 49.9 Å². The van der Waals surface area contributed by atoms with E-state index >= 15 is 0 Å². The minimum atomic E-state index is -5.19. The molecule has 2 aliphatic heterocycles. The van der Waals surface area contributed by atoms with Gasteiger partial charge in [-0.3, -0.25) is 9.59 Å². The molecule has 0 aromatic carbocycles. The Hall–Kier alpha value is -4.09. The fraction of sp³-hybridized carbons (Fsp3) is 0.472. The first-order valence-corrected chi connectivity index (χ1v) is 17.7. The van der Waals surface area contributed by atoms with Crippen LogP contribution in [0.1, 0.15) is 61.8 Å². The zero-order valence-corrected chi connectivity index (χ0v) is 32.2. The van der Waals surface area contributed by atoms with Crippen LogP contribution in [0.3, 0.4) is 0 Å². The molecule has 0 saturated carbocycles. The van der Waals surface area contributed by atoms with Crippen LogP contribution in [0.2, 0.25) is 10.3 Å². The highest BCUT2D eigenvalue weighted by molar-refractivity contribution is 6.52. The van der Waals surface area contributed by atoms with Gasteiger partial charge in [-0.15, -0.1) is 0 Å². The maximum Gasteiger partial charge on any atom is 0.430 e. The van der Waals surface area contributed by atoms with Crippen LogP contribution in [0.4, 0.5) is 13.2 Å². The first-order chi connectivity index (χ1) is 25.3. The lowest BCUT2D eigenvalue weighted by molar-refractivity contribution is -0.668. The van der Waals surface area contributed by atoms with Crippen LogP contribution in [0, 0.1) is 22.7 Å². The Morgan fingerprint density at radius 2 is 1.28 bits per heavy atom. The molecule has 2 saturated heterocycles. The van der Waals surface area contributed by atoms with Crippen molar-refractivity contribution < 1.29 is 47.5 Å². The number of nitrogens with zero attached hydrogens (tertiary/aromatic N) is 5. The average molecular weight is 814 g/mol. The van der Waals surface area contributed by atoms with Crippen molar-refractivity contribution in [3.63, 3.8) is 0 Å². The number of likely N-dealkylation sites (tertiary alicyclic amines) is 1. The number of allylic oxidation sites excluding steroid dienone is 2. The molecule has 0 bridgehead atoms. The summed E-state index contributed by atoms with van der Waals surface area (Å²) in [7, 11) is 3.53. The first kappa shape index (κ1) is 44.3. The lowest BCUT2D eigenvalue weighted by Crippen LogP contribution is -2.87. The van der Waals surface area contributed by atoms with E-state index in [-0.39, 0.29) is 51.8 Å². The highest BCUT2D eigenvalue weighted by atomic mass is 35.5. The van der Waals surface area contributed by atoms with Crippen LogP contribution < -0.4 is 10.4 Å². The molecule has 18 heteroatoms. The lowest BCUT2D eigenvalue weighted by Gasteiger charge is -2.41. The number of halogens is 6. The third-order valence-corrected chi connectivity index (χ3v) is 10.3. The van der Waals surface area contributed by atoms with Gasteiger partial charge in [0.2, 0.25) is 0 Å². The predicted molar refractivity (Wildman–Crippen MR) is 190 cm³/mol. The second kappa shape index (κ2) is 19.0. The molecule has 2 aliphatic carbocycles. The van der Waals surface area contributed by atoms with Gasteiger partial charge >= 0.3 is 6.18 Å². The van der Waals surface area contributed by atoms with E-state index in [0.717, 1.165) is 37.1 Å². The summed E-state index contributed by atoms with van der Waals surface area (Å²) in [5.41, 5.74) is 3.95. The molecule has 2 N–H and O–H groups in total. The van der Waals surface area contributed by atoms with Gasteiger partial charge in [0, 0.05) is 76.5 Å². The normalized spacial score (nSPS) is 18.6. The summed E-state index contributed by atoms with van der Waals surface area (Å²) in [5.74, 6) is -3.44. The van der Waals surface area contributed by atoms with E-state index in [1.807, 2.05) is 7.11 Å². The van der Waals surface area contributed by atoms with E-state index in [1.54, 1.807) is 31.5 Å². The number of carbonyl (C=O) groups excluding carboxylic acids is 3. The summed E-state index contributed by atoms with van der Waals surface area (Å²) in [6, 6.07) is 7.20. The molecule has 4 heterocycles. The summed E-state index contributed by atoms with van der Waals surface area (Å²) < 4.78 is 42.5. The number of ether oxygens (including phenoxy) is 2. The van der Waals surface area contributed by atoms with Crippen molar-refractivity contribution in [1.82, 2.24) is 14.9 Å². The van der Waals surface area contributed by atoms with E-state index in [4.69, 9.17) is 59.4 Å². The number of aliphatic carboxylic acids is 1. The average Bonchev–Trinajstić information content (AvgIpc) is 3.13. The van der Waals surface area contributed by atoms with Crippen molar-refractivity contribution in [3.8, 4) is 12.1 Å². The van der Waals surface area contributed by atoms with Gasteiger partial charge in [-0.2, -0.15) is 23.7 Å². The summed E-state index contributed by atoms with van der Waals surface area (Å²) in [6.07, 6.45) is 2.38. The number of quaternary nitrogens is 1. The highest BCUT2D eigenvalue weighted by Crippen LogP contribution is 2.37. The highest BCUT2D eigenvalue weighted by Gasteiger charge is 2.35. The zero-order chi connectivity index (χ0) is 40.4. The number of methoxy groups -OCH3 is 2. The molecule has 4 aliphatic rings. The monoisotopic (exact) mass is 812 g/mol. The third kappa shape index (κ3) is 11.5. The molecule has 0 amide bonds. The Kier molecular flexibility index (Phi) is 15.6. The number of hydrogen-bond donors (Lipinski definition) is 1. The number of piperidine rings is 2. The molecule has 6 rings (SSSR count). The number of rotatable bonds is 3. The maximum absolute atomic E-state index is 12.3. The molecule has 290 valence electrons. The number of carboxylic acid groups (broad SMARTS) is 1. The van der Waals surface area contributed by atoms with E-state index in [2.05, 4.69) is 40.1 Å². The molecular formula is C36H38Cl3F3N6O6. The smallest absolute Gasteiger partial charge is 0.430 e. The largest absolute Gasteiger partial charge is 0.542 e. The predicted octanol–water partition coefficient (Wildman–Crippen LogP) is 3.98. The van der Waals surface area contributed by atoms with Crippen LogP contribution in [0.5, 0.6) is 0 Å². The molecule has 2 fully saturated rings. The number of pyridine rings is 2. The summed E-state index contributed by atoms with van der Waals surface area (Å²) >= 11 is 17.7. The minimum Gasteiger partial charge on any atom is -0.542 e. The number of carbonyl (C=O) groups is 3. The van der Waals surface area contributed by atoms with E-state index in [1.165, 1.54) is 32.1 Å². The van der Waals surface area contributed by atoms with Crippen LogP contribution in [0.15, 0.2) is 35.7 Å². The van der Waals surface area contributed by atoms with Crippen molar-refractivity contribution in [1.29, 1.82) is 10.5 Å². The molecule has 0 unspecified atom stereocenters. The maximum atomic E-state index is 12.3. The molecule has 0 atom stereocenters. The molecule has 2 aromatic heterocycles. The zero-order valence-electron chi connectivity index (χ0n) is 29.9. The third-order valence-electron chi connectivity index (χ3n) is 9.45. The van der Waals surface area contributed by atoms with Crippen molar-refractivity contribution in [2.45, 2.75) is 69.8 Å². The quantitative estimate of drug-likeness (QED) is 0.442. The lowest BCUT2D eigenvalue weighted by atomic mass is 9.87. The standard InChI is InChI=1S/C17H18ClN3O2.C10H4Cl2N2O.C7H15NO.C2HF3O2/c1-17(23-2)3-5-21(6-4-17)16-12-8-15(18)20-10-11(12)7-14(22)13(16)9-19;11-9-2-6-5(4-14-9)1-8(15)7(3-13)10(6)12;1-7(9-2)3-5-8-6-4-7;3-2(4,5)1(6)7/h8,10H,3-7H2,1-2H3;2,4H,1H2;8H,3-6H2,1-2H3;(H,6,7). The first-order valence-electron chi connectivity index (χ1n) is 16.6. The molecule has 0 spiro atoms. The summed E-state index contributed by atoms with van der Waals surface area (Å²) in [5, 5.41) is 30.2. The number of hydrogen-bond acceptors (Lipinski definition) is 11. The summed E-state index contributed by atoms with van der Waals surface area (Å²) in [4.78, 5) is 42.6. The van der Waals surface area contributed by atoms with Crippen molar-refractivity contribution in [2.75, 3.05) is 40.4 Å². The van der Waals surface area contributed by atoms with Gasteiger partial charge in [0.25, 0.3) is 0 Å². The fourth-order valence-corrected chi connectivity index (χ4v) is 6.56. The number of fused-ring (bicyclic) bond motifs is 2. The van der Waals surface area contributed by atoms with Crippen molar-refractivity contribution in [3.05, 3.63) is 68.2 Å². The van der Waals surface area contributed by atoms with Crippen molar-refractivity contribution in [2.24, 2.45) is 0 Å². The van der Waals surface area contributed by atoms with Gasteiger partial charge in [-0.25, -0.2) is 9.97 Å². The Morgan fingerprint density at radius 3 is 1.70 bits per heavy atom. The Bertz CT molecular complexity index is 1890. The van der Waals surface area contributed by atoms with Gasteiger partial charge in [-0.1, -0.05) is 34.8 Å². The number of alkyl halides is 3. The minimum absolute atomic E-state index is 0.00793. The SMILES string of the molecule is COC1(C)CCN(C2=C(C#N)C(=O)Cc3cnc(Cl)cc32)CC1.COC1(C)CC[NH2+]CC1.N#CC1=C(Cl)c2cc(Cl)ncc2CC1=O.O=C([O-])C(F)(F)F. The van der Waals surface area contributed by atoms with Gasteiger partial charge < -0.3 is 29.6 Å². The molecular weight excluding hydrogens is 776 g/mol. The number of nitrogens with two attached hydrogens (primary N) is 1. The van der Waals surface area contributed by atoms with E-state index < -0.39 is 12.1 Å². The summed E-state index contributed by atoms with van der Waals surface area (Å²) in [6.45, 7) is 8.20. The topological polar surface area (TPSA) is 186 Å². The van der Waals surface area contributed by atoms with Gasteiger partial charge in [0.15, 0.2) is 11.6 Å². The van der Waals surface area contributed by atoms with E-state index in [0.29, 0.717) is 27.1 Å². The number of Topliss-reactive ketones (excluding diaryl/α,β-unsaturated/α-hetero) is 2. The van der Waals surface area contributed by atoms with Gasteiger partial charge in [0.05, 0.1) is 35.0 Å². The Balaban J connectivity index is 0.000000216. The van der Waals surface area contributed by atoms with Crippen LogP contribution in [-0.4, -0.2) is 90.2 Å². The number of ketones is 2. The Morgan fingerprint density at radius 1 is 0.852 bits per heavy atom. The van der Waals surface area contributed by atoms with E-state index in [9.17, 15) is 28.0 Å². The molecule has 2 aromatic rings. The second-order valence-electron chi connectivity index (χ2n) is 13.1. The molecule has 0 radical (unpaired) electrons. The van der Waals surface area contributed by atoms with Gasteiger partial charge in [0.1, 0.15) is 39.6 Å². The second-order valence-corrected chi connectivity index (χ2v) is 14.3. The molecule has 54 heavy (non-hydrogen) atoms. The number of nitriles is 2. The number of aromatic nitrogens is 2. The fourth-order valence-electron chi connectivity index (χ4n) is 5.92. The van der Waals surface area contributed by atoms with Crippen LogP contribution in [-0.2, 0) is 36.7 Å². The van der Waals surface area contributed by atoms with Crippen molar-refractivity contribution >= 4 is 63.1 Å². The molecule has 12 nitrogen and oxygen atoms in total.